The number of hydrogen-bond donors (Lipinski definition) is 2. The van der Waals surface area contributed by atoms with Gasteiger partial charge >= 0.3 is 0 Å². The first-order valence-electron chi connectivity index (χ1n) is 6.84. The highest BCUT2D eigenvalue weighted by molar-refractivity contribution is 6.00. The summed E-state index contributed by atoms with van der Waals surface area (Å²) in [6.07, 6.45) is 0.0884. The van der Waals surface area contributed by atoms with Crippen molar-refractivity contribution >= 4 is 17.4 Å². The number of phenols is 1. The number of aromatic hydroxyl groups is 1. The number of aryl methyl sites for hydroxylation is 1. The van der Waals surface area contributed by atoms with Crippen LogP contribution in [0.25, 0.3) is 0 Å². The zero-order valence-corrected chi connectivity index (χ0v) is 12.1. The third-order valence-electron chi connectivity index (χ3n) is 3.23. The van der Waals surface area contributed by atoms with Gasteiger partial charge in [0.1, 0.15) is 11.6 Å². The third-order valence-corrected chi connectivity index (χ3v) is 3.23. The van der Waals surface area contributed by atoms with Gasteiger partial charge in [-0.2, -0.15) is 0 Å². The van der Waals surface area contributed by atoms with Gasteiger partial charge in [-0.05, 0) is 55.0 Å². The Bertz CT molecular complexity index is 696. The lowest BCUT2D eigenvalue weighted by Gasteiger charge is -2.08. The molecule has 22 heavy (non-hydrogen) atoms. The zero-order chi connectivity index (χ0) is 16.1. The second-order valence-electron chi connectivity index (χ2n) is 4.98. The van der Waals surface area contributed by atoms with Crippen molar-refractivity contribution in [3.8, 4) is 5.75 Å². The average molecular weight is 301 g/mol. The molecule has 2 rings (SSSR count). The van der Waals surface area contributed by atoms with E-state index in [0.717, 1.165) is 5.56 Å². The first-order chi connectivity index (χ1) is 10.5. The molecule has 0 aliphatic heterocycles. The van der Waals surface area contributed by atoms with Crippen molar-refractivity contribution in [2.24, 2.45) is 0 Å². The Kier molecular flexibility index (Phi) is 4.88. The number of amides is 1. The van der Waals surface area contributed by atoms with Crippen molar-refractivity contribution in [1.82, 2.24) is 0 Å². The molecular weight excluding hydrogens is 285 g/mol. The van der Waals surface area contributed by atoms with Gasteiger partial charge in [-0.3, -0.25) is 9.59 Å². The second kappa shape index (κ2) is 6.85. The molecule has 0 spiro atoms. The van der Waals surface area contributed by atoms with Gasteiger partial charge in [0.2, 0.25) is 5.91 Å². The number of anilines is 1. The van der Waals surface area contributed by atoms with Crippen molar-refractivity contribution in [3.63, 3.8) is 0 Å². The van der Waals surface area contributed by atoms with E-state index in [0.29, 0.717) is 11.3 Å². The maximum absolute atomic E-state index is 12.8. The van der Waals surface area contributed by atoms with Crippen LogP contribution < -0.4 is 5.32 Å². The van der Waals surface area contributed by atoms with Crippen LogP contribution in [-0.4, -0.2) is 16.8 Å². The minimum Gasteiger partial charge on any atom is -0.508 e. The molecule has 0 heterocycles. The zero-order valence-electron chi connectivity index (χ0n) is 12.1. The van der Waals surface area contributed by atoms with E-state index in [1.165, 1.54) is 30.3 Å². The highest BCUT2D eigenvalue weighted by atomic mass is 19.1. The summed E-state index contributed by atoms with van der Waals surface area (Å²) in [5.74, 6) is -0.777. The first-order valence-corrected chi connectivity index (χ1v) is 6.84. The molecule has 4 nitrogen and oxygen atoms in total. The number of hydrogen-bond acceptors (Lipinski definition) is 3. The van der Waals surface area contributed by atoms with Gasteiger partial charge in [-0.1, -0.05) is 0 Å². The SMILES string of the molecule is Cc1cc(O)ccc1NC(=O)CCC(=O)c1ccc(F)cc1. The fraction of sp³-hybridized carbons (Fsp3) is 0.176. The van der Waals surface area contributed by atoms with Gasteiger partial charge in [-0.25, -0.2) is 4.39 Å². The standard InChI is InChI=1S/C17H16FNO3/c1-11-10-14(20)6-7-15(11)19-17(22)9-8-16(21)12-2-4-13(18)5-3-12/h2-7,10,20H,8-9H2,1H3,(H,19,22). The van der Waals surface area contributed by atoms with Crippen molar-refractivity contribution < 1.29 is 19.1 Å². The molecule has 0 atom stereocenters. The molecule has 0 aromatic heterocycles. The summed E-state index contributed by atoms with van der Waals surface area (Å²) >= 11 is 0. The van der Waals surface area contributed by atoms with Crippen LogP contribution in [0.2, 0.25) is 0 Å². The summed E-state index contributed by atoms with van der Waals surface area (Å²) in [6.45, 7) is 1.76. The van der Waals surface area contributed by atoms with Gasteiger partial charge in [0.15, 0.2) is 5.78 Å². The molecule has 0 aliphatic rings. The van der Waals surface area contributed by atoms with E-state index in [1.54, 1.807) is 19.1 Å². The lowest BCUT2D eigenvalue weighted by Crippen LogP contribution is -2.14. The third kappa shape index (κ3) is 4.15. The summed E-state index contributed by atoms with van der Waals surface area (Å²) in [5.41, 5.74) is 1.71. The summed E-state index contributed by atoms with van der Waals surface area (Å²) in [5, 5.41) is 12.0. The minimum absolute atomic E-state index is 0.0382. The van der Waals surface area contributed by atoms with Crippen LogP contribution in [-0.2, 0) is 4.79 Å². The van der Waals surface area contributed by atoms with Gasteiger partial charge in [-0.15, -0.1) is 0 Å². The molecule has 0 bridgehead atoms. The molecule has 0 aliphatic carbocycles. The van der Waals surface area contributed by atoms with E-state index in [-0.39, 0.29) is 30.3 Å². The van der Waals surface area contributed by atoms with E-state index in [1.807, 2.05) is 0 Å². The van der Waals surface area contributed by atoms with E-state index in [2.05, 4.69) is 5.32 Å². The second-order valence-corrected chi connectivity index (χ2v) is 4.98. The predicted octanol–water partition coefficient (Wildman–Crippen LogP) is 3.44. The highest BCUT2D eigenvalue weighted by Gasteiger charge is 2.10. The van der Waals surface area contributed by atoms with Crippen LogP contribution in [0.3, 0.4) is 0 Å². The molecule has 0 saturated carbocycles. The Morgan fingerprint density at radius 3 is 2.41 bits per heavy atom. The number of nitrogens with one attached hydrogen (secondary N) is 1. The monoisotopic (exact) mass is 301 g/mol. The fourth-order valence-corrected chi connectivity index (χ4v) is 2.01. The smallest absolute Gasteiger partial charge is 0.224 e. The normalized spacial score (nSPS) is 10.3. The Labute approximate surface area is 127 Å². The number of ketones is 1. The molecule has 0 saturated heterocycles. The number of Topliss-reactive ketones (excluding diaryl/α,β-unsaturated/α-hetero) is 1. The van der Waals surface area contributed by atoms with Crippen LogP contribution in [0.4, 0.5) is 10.1 Å². The van der Waals surface area contributed by atoms with Crippen molar-refractivity contribution in [2.45, 2.75) is 19.8 Å². The Hall–Kier alpha value is -2.69. The molecule has 114 valence electrons. The predicted molar refractivity (Wildman–Crippen MR) is 81.4 cm³/mol. The van der Waals surface area contributed by atoms with Crippen molar-refractivity contribution in [1.29, 1.82) is 0 Å². The van der Waals surface area contributed by atoms with E-state index in [9.17, 15) is 19.1 Å². The fourth-order valence-electron chi connectivity index (χ4n) is 2.01. The van der Waals surface area contributed by atoms with Crippen LogP contribution in [0.15, 0.2) is 42.5 Å². The van der Waals surface area contributed by atoms with Gasteiger partial charge in [0.05, 0.1) is 0 Å². The lowest BCUT2D eigenvalue weighted by atomic mass is 10.1. The number of benzene rings is 2. The van der Waals surface area contributed by atoms with Crippen LogP contribution in [0.5, 0.6) is 5.75 Å². The molecule has 0 radical (unpaired) electrons. The molecule has 0 unspecified atom stereocenters. The molecule has 5 heteroatoms. The number of rotatable bonds is 5. The Balaban J connectivity index is 1.89. The van der Waals surface area contributed by atoms with Gasteiger partial charge in [0.25, 0.3) is 0 Å². The number of carbonyl (C=O) groups is 2. The molecular formula is C17H16FNO3. The molecule has 0 fully saturated rings. The largest absolute Gasteiger partial charge is 0.508 e. The van der Waals surface area contributed by atoms with Gasteiger partial charge in [0, 0.05) is 24.1 Å². The van der Waals surface area contributed by atoms with Crippen molar-refractivity contribution in [3.05, 3.63) is 59.4 Å². The molecule has 2 aromatic carbocycles. The lowest BCUT2D eigenvalue weighted by molar-refractivity contribution is -0.116. The molecule has 1 amide bonds. The number of phenolic OH excluding ortho intramolecular Hbond substituents is 1. The average Bonchev–Trinajstić information content (AvgIpc) is 2.48. The van der Waals surface area contributed by atoms with Crippen molar-refractivity contribution in [2.75, 3.05) is 5.32 Å². The summed E-state index contributed by atoms with van der Waals surface area (Å²) in [6, 6.07) is 9.86. The Morgan fingerprint density at radius 2 is 1.77 bits per heavy atom. The molecule has 2 aromatic rings. The number of halogens is 1. The molecule has 2 N–H and O–H groups in total. The topological polar surface area (TPSA) is 66.4 Å². The summed E-state index contributed by atoms with van der Waals surface area (Å²) in [7, 11) is 0. The van der Waals surface area contributed by atoms with Crippen LogP contribution in [0, 0.1) is 12.7 Å². The minimum atomic E-state index is -0.405. The number of carbonyl (C=O) groups excluding carboxylic acids is 2. The quantitative estimate of drug-likeness (QED) is 0.656. The Morgan fingerprint density at radius 1 is 1.09 bits per heavy atom. The maximum atomic E-state index is 12.8. The summed E-state index contributed by atoms with van der Waals surface area (Å²) in [4.78, 5) is 23.7. The highest BCUT2D eigenvalue weighted by Crippen LogP contribution is 2.20. The van der Waals surface area contributed by atoms with E-state index in [4.69, 9.17) is 0 Å². The van der Waals surface area contributed by atoms with Crippen LogP contribution >= 0.6 is 0 Å². The maximum Gasteiger partial charge on any atom is 0.224 e. The van der Waals surface area contributed by atoms with E-state index < -0.39 is 5.82 Å². The van der Waals surface area contributed by atoms with Gasteiger partial charge < -0.3 is 10.4 Å². The first kappa shape index (κ1) is 15.7. The van der Waals surface area contributed by atoms with Crippen LogP contribution in [0.1, 0.15) is 28.8 Å². The summed E-state index contributed by atoms with van der Waals surface area (Å²) < 4.78 is 12.8. The van der Waals surface area contributed by atoms with E-state index >= 15 is 0 Å².